The number of hydrogen-bond acceptors (Lipinski definition) is 6. The third-order valence-electron chi connectivity index (χ3n) is 3.08. The molecule has 8 nitrogen and oxygen atoms in total. The first kappa shape index (κ1) is 21.1. The van der Waals surface area contributed by atoms with E-state index in [0.717, 1.165) is 12.7 Å². The van der Waals surface area contributed by atoms with Gasteiger partial charge >= 0.3 is 16.4 Å². The molecular weight excluding hydrogens is 592 g/mol. The van der Waals surface area contributed by atoms with E-state index in [1.807, 2.05) is 0 Å². The van der Waals surface area contributed by atoms with Crippen LogP contribution in [0.5, 0.6) is 17.2 Å². The average molecular weight is 605 g/mol. The van der Waals surface area contributed by atoms with Crippen LogP contribution in [0.4, 0.5) is 0 Å². The Morgan fingerprint density at radius 1 is 1.12 bits per heavy atom. The quantitative estimate of drug-likeness (QED) is 0.324. The maximum Gasteiger partial charge on any atom is 0.446 e. The van der Waals surface area contributed by atoms with Gasteiger partial charge in [-0.25, -0.2) is 0 Å². The van der Waals surface area contributed by atoms with Crippen molar-refractivity contribution in [2.75, 3.05) is 0 Å². The van der Waals surface area contributed by atoms with Gasteiger partial charge in [0.25, 0.3) is 0 Å². The van der Waals surface area contributed by atoms with E-state index in [2.05, 4.69) is 49.4 Å². The highest BCUT2D eigenvalue weighted by molar-refractivity contribution is 14.1. The van der Waals surface area contributed by atoms with Crippen molar-refractivity contribution in [1.29, 1.82) is 0 Å². The van der Waals surface area contributed by atoms with Gasteiger partial charge < -0.3 is 19.8 Å². The maximum absolute atomic E-state index is 10.9. The van der Waals surface area contributed by atoms with E-state index in [0.29, 0.717) is 11.5 Å². The van der Waals surface area contributed by atoms with Crippen LogP contribution in [0.3, 0.4) is 0 Å². The van der Waals surface area contributed by atoms with Crippen molar-refractivity contribution < 1.29 is 31.8 Å². The predicted octanol–water partition coefficient (Wildman–Crippen LogP) is 2.82. The Balaban J connectivity index is 2.18. The monoisotopic (exact) mass is 605 g/mol. The lowest BCUT2D eigenvalue weighted by Gasteiger charge is -2.13. The van der Waals surface area contributed by atoms with Crippen molar-refractivity contribution in [2.45, 2.75) is 12.5 Å². The standard InChI is InChI=1S/C15H13I2NO7S/c16-11-5-8(7-13(18)15(19)20)6-12(17)14(11)24-9-1-3-10(4-2-9)25-26(21,22)23/h1-6,13H,7,18H2,(H,19,20)(H,21,22,23). The number of carboxylic acids is 1. The molecule has 0 aliphatic heterocycles. The molecule has 26 heavy (non-hydrogen) atoms. The third kappa shape index (κ3) is 6.22. The molecule has 11 heteroatoms. The van der Waals surface area contributed by atoms with Crippen molar-refractivity contribution in [3.8, 4) is 17.2 Å². The van der Waals surface area contributed by atoms with Crippen molar-refractivity contribution in [1.82, 2.24) is 0 Å². The molecule has 0 radical (unpaired) electrons. The molecule has 1 unspecified atom stereocenters. The van der Waals surface area contributed by atoms with Crippen LogP contribution in [0, 0.1) is 7.14 Å². The van der Waals surface area contributed by atoms with Crippen LogP contribution in [-0.2, 0) is 21.6 Å². The van der Waals surface area contributed by atoms with Crippen LogP contribution in [0.25, 0.3) is 0 Å². The van der Waals surface area contributed by atoms with Gasteiger partial charge in [-0.1, -0.05) is 0 Å². The second-order valence-electron chi connectivity index (χ2n) is 5.12. The smallest absolute Gasteiger partial charge is 0.446 e. The summed E-state index contributed by atoms with van der Waals surface area (Å²) in [4.78, 5) is 10.9. The highest BCUT2D eigenvalue weighted by Gasteiger charge is 2.16. The SMILES string of the molecule is NC(Cc1cc(I)c(Oc2ccc(OS(=O)(=O)O)cc2)c(I)c1)C(=O)O. The summed E-state index contributed by atoms with van der Waals surface area (Å²) in [6.07, 6.45) is 0.198. The molecule has 0 heterocycles. The minimum atomic E-state index is -4.58. The molecule has 2 aromatic rings. The predicted molar refractivity (Wildman–Crippen MR) is 110 cm³/mol. The van der Waals surface area contributed by atoms with Gasteiger partial charge in [-0.2, -0.15) is 8.42 Å². The zero-order chi connectivity index (χ0) is 19.5. The fourth-order valence-corrected chi connectivity index (χ4v) is 4.44. The number of halogens is 2. The molecule has 2 rings (SSSR count). The lowest BCUT2D eigenvalue weighted by Crippen LogP contribution is -2.32. The number of benzene rings is 2. The van der Waals surface area contributed by atoms with Gasteiger partial charge in [-0.05, 0) is 93.6 Å². The van der Waals surface area contributed by atoms with Crippen molar-refractivity contribution >= 4 is 61.6 Å². The summed E-state index contributed by atoms with van der Waals surface area (Å²) in [5, 5.41) is 8.91. The van der Waals surface area contributed by atoms with Crippen molar-refractivity contribution in [3.63, 3.8) is 0 Å². The summed E-state index contributed by atoms with van der Waals surface area (Å²) < 4.78 is 41.7. The lowest BCUT2D eigenvalue weighted by molar-refractivity contribution is -0.138. The highest BCUT2D eigenvalue weighted by Crippen LogP contribution is 2.33. The number of carboxylic acid groups (broad SMARTS) is 1. The number of aliphatic carboxylic acids is 1. The second-order valence-corrected chi connectivity index (χ2v) is 8.47. The molecular formula is C15H13I2NO7S. The Kier molecular flexibility index (Phi) is 7.06. The Bertz CT molecular complexity index is 893. The molecule has 0 bridgehead atoms. The normalized spacial score (nSPS) is 12.5. The number of ether oxygens (including phenoxy) is 1. The van der Waals surface area contributed by atoms with E-state index < -0.39 is 22.4 Å². The summed E-state index contributed by atoms with van der Waals surface area (Å²) in [5.74, 6) is -0.120. The zero-order valence-corrected chi connectivity index (χ0v) is 18.1. The van der Waals surface area contributed by atoms with Crippen LogP contribution in [0.1, 0.15) is 5.56 Å². The molecule has 0 aliphatic rings. The third-order valence-corrected chi connectivity index (χ3v) is 5.08. The zero-order valence-electron chi connectivity index (χ0n) is 12.9. The van der Waals surface area contributed by atoms with Gasteiger partial charge in [0.05, 0.1) is 7.14 Å². The summed E-state index contributed by atoms with van der Waals surface area (Å²) in [7, 11) is -4.58. The molecule has 0 fully saturated rings. The molecule has 0 aromatic heterocycles. The molecule has 0 amide bonds. The number of rotatable bonds is 7. The Morgan fingerprint density at radius 3 is 2.08 bits per heavy atom. The number of nitrogens with two attached hydrogens (primary N) is 1. The molecule has 0 saturated carbocycles. The molecule has 0 saturated heterocycles. The van der Waals surface area contributed by atoms with E-state index in [-0.39, 0.29) is 12.2 Å². The number of carbonyl (C=O) groups is 1. The Hall–Kier alpha value is -1.16. The Labute approximate surface area is 176 Å². The van der Waals surface area contributed by atoms with Gasteiger partial charge in [0, 0.05) is 0 Å². The summed E-state index contributed by atoms with van der Waals surface area (Å²) in [6, 6.07) is 8.24. The second kappa shape index (κ2) is 8.69. The summed E-state index contributed by atoms with van der Waals surface area (Å²) in [5.41, 5.74) is 6.34. The van der Waals surface area contributed by atoms with Gasteiger partial charge in [-0.15, -0.1) is 0 Å². The van der Waals surface area contributed by atoms with E-state index in [1.165, 1.54) is 24.3 Å². The van der Waals surface area contributed by atoms with Gasteiger partial charge in [0.1, 0.15) is 17.5 Å². The van der Waals surface area contributed by atoms with E-state index in [4.69, 9.17) is 20.1 Å². The molecule has 2 aromatic carbocycles. The lowest BCUT2D eigenvalue weighted by atomic mass is 10.1. The fraction of sp³-hybridized carbons (Fsp3) is 0.133. The minimum absolute atomic E-state index is 0.0535. The first-order chi connectivity index (χ1) is 12.0. The fourth-order valence-electron chi connectivity index (χ4n) is 1.97. The van der Waals surface area contributed by atoms with E-state index in [1.54, 1.807) is 12.1 Å². The topological polar surface area (TPSA) is 136 Å². The first-order valence-electron chi connectivity index (χ1n) is 6.96. The van der Waals surface area contributed by atoms with Crippen LogP contribution in [0.15, 0.2) is 36.4 Å². The highest BCUT2D eigenvalue weighted by atomic mass is 127. The first-order valence-corrected chi connectivity index (χ1v) is 10.5. The molecule has 0 aliphatic carbocycles. The van der Waals surface area contributed by atoms with Crippen molar-refractivity contribution in [3.05, 3.63) is 49.1 Å². The Morgan fingerprint density at radius 2 is 1.62 bits per heavy atom. The van der Waals surface area contributed by atoms with Crippen LogP contribution in [-0.4, -0.2) is 30.1 Å². The molecule has 0 spiro atoms. The average Bonchev–Trinajstić information content (AvgIpc) is 2.51. The van der Waals surface area contributed by atoms with Gasteiger partial charge in [-0.3, -0.25) is 9.35 Å². The van der Waals surface area contributed by atoms with Crippen molar-refractivity contribution in [2.24, 2.45) is 5.73 Å². The number of hydrogen-bond donors (Lipinski definition) is 3. The van der Waals surface area contributed by atoms with Gasteiger partial charge in [0.15, 0.2) is 5.75 Å². The van der Waals surface area contributed by atoms with E-state index >= 15 is 0 Å². The maximum atomic E-state index is 10.9. The minimum Gasteiger partial charge on any atom is -0.480 e. The summed E-state index contributed by atoms with van der Waals surface area (Å²) >= 11 is 4.14. The molecule has 1 atom stereocenters. The molecule has 140 valence electrons. The van der Waals surface area contributed by atoms with Crippen LogP contribution in [0.2, 0.25) is 0 Å². The van der Waals surface area contributed by atoms with Gasteiger partial charge in [0.2, 0.25) is 0 Å². The largest absolute Gasteiger partial charge is 0.480 e. The van der Waals surface area contributed by atoms with Crippen LogP contribution < -0.4 is 14.7 Å². The molecule has 4 N–H and O–H groups in total. The summed E-state index contributed by atoms with van der Waals surface area (Å²) in [6.45, 7) is 0. The van der Waals surface area contributed by atoms with Crippen LogP contribution >= 0.6 is 45.2 Å². The van der Waals surface area contributed by atoms with E-state index in [9.17, 15) is 13.2 Å².